The second kappa shape index (κ2) is 4.13. The Kier molecular flexibility index (Phi) is 3.11. The van der Waals surface area contributed by atoms with E-state index in [2.05, 4.69) is 5.10 Å². The smallest absolute Gasteiger partial charge is 0.313 e. The van der Waals surface area contributed by atoms with Crippen LogP contribution in [0.5, 0.6) is 11.5 Å². The maximum Gasteiger partial charge on any atom is 0.313 e. The summed E-state index contributed by atoms with van der Waals surface area (Å²) in [5, 5.41) is 3.96. The average Bonchev–Trinajstić information content (AvgIpc) is 2.16. The largest absolute Gasteiger partial charge is 0.491 e. The first-order chi connectivity index (χ1) is 6.61. The molecule has 1 aromatic rings. The highest BCUT2D eigenvalue weighted by molar-refractivity contribution is 5.34. The van der Waals surface area contributed by atoms with Crippen molar-refractivity contribution in [1.82, 2.24) is 9.78 Å². The second-order valence-corrected chi connectivity index (χ2v) is 3.09. The molecule has 0 fully saturated rings. The summed E-state index contributed by atoms with van der Waals surface area (Å²) >= 11 is 0. The van der Waals surface area contributed by atoms with Crippen molar-refractivity contribution in [3.05, 3.63) is 16.6 Å². The maximum atomic E-state index is 11.7. The molecule has 0 unspecified atom stereocenters. The van der Waals surface area contributed by atoms with E-state index in [1.165, 1.54) is 25.1 Å². The third-order valence-electron chi connectivity index (χ3n) is 1.84. The topological polar surface area (TPSA) is 53.4 Å². The number of methoxy groups -OCH3 is 2. The Hall–Kier alpha value is -1.52. The summed E-state index contributed by atoms with van der Waals surface area (Å²) in [6.07, 6.45) is 1.47. The molecule has 0 aliphatic rings. The van der Waals surface area contributed by atoms with Gasteiger partial charge in [0.2, 0.25) is 5.75 Å². The minimum atomic E-state index is -0.276. The number of nitrogens with zero attached hydrogens (tertiary/aromatic N) is 2. The second-order valence-electron chi connectivity index (χ2n) is 3.09. The molecule has 1 rings (SSSR count). The fourth-order valence-electron chi connectivity index (χ4n) is 1.14. The summed E-state index contributed by atoms with van der Waals surface area (Å²) in [6, 6.07) is 0.00214. The Morgan fingerprint density at radius 2 is 2.00 bits per heavy atom. The molecule has 1 heterocycles. The highest BCUT2D eigenvalue weighted by Gasteiger charge is 2.13. The summed E-state index contributed by atoms with van der Waals surface area (Å²) < 4.78 is 11.3. The highest BCUT2D eigenvalue weighted by Crippen LogP contribution is 2.20. The minimum Gasteiger partial charge on any atom is -0.491 e. The van der Waals surface area contributed by atoms with Gasteiger partial charge in [-0.2, -0.15) is 5.10 Å². The normalized spacial score (nSPS) is 10.4. The van der Waals surface area contributed by atoms with Crippen molar-refractivity contribution in [3.8, 4) is 11.5 Å². The molecule has 0 saturated carbocycles. The fraction of sp³-hybridized carbons (Fsp3) is 0.556. The van der Waals surface area contributed by atoms with Gasteiger partial charge in [0, 0.05) is 0 Å². The van der Waals surface area contributed by atoms with Crippen LogP contribution >= 0.6 is 0 Å². The van der Waals surface area contributed by atoms with Crippen LogP contribution in [0.2, 0.25) is 0 Å². The van der Waals surface area contributed by atoms with Crippen molar-refractivity contribution < 1.29 is 9.47 Å². The molecule has 5 nitrogen and oxygen atoms in total. The van der Waals surface area contributed by atoms with E-state index < -0.39 is 0 Å². The van der Waals surface area contributed by atoms with Gasteiger partial charge in [0.05, 0.1) is 26.5 Å². The Morgan fingerprint density at radius 1 is 1.36 bits per heavy atom. The van der Waals surface area contributed by atoms with E-state index in [0.29, 0.717) is 5.75 Å². The van der Waals surface area contributed by atoms with Gasteiger partial charge >= 0.3 is 5.56 Å². The summed E-state index contributed by atoms with van der Waals surface area (Å²) in [5.41, 5.74) is -0.276. The van der Waals surface area contributed by atoms with Crippen molar-refractivity contribution >= 4 is 0 Å². The zero-order valence-corrected chi connectivity index (χ0v) is 8.77. The van der Waals surface area contributed by atoms with Gasteiger partial charge in [0.15, 0.2) is 5.75 Å². The standard InChI is InChI=1S/C9H14N2O3/c1-6(2)11-9(12)8(14-4)7(13-3)5-10-11/h5-6H,1-4H3. The molecule has 0 aromatic carbocycles. The molecule has 0 saturated heterocycles. The van der Waals surface area contributed by atoms with Crippen LogP contribution in [0.1, 0.15) is 19.9 Å². The number of hydrogen-bond donors (Lipinski definition) is 0. The first-order valence-corrected chi connectivity index (χ1v) is 4.31. The molecule has 0 spiro atoms. The lowest BCUT2D eigenvalue weighted by Crippen LogP contribution is -2.25. The van der Waals surface area contributed by atoms with E-state index in [-0.39, 0.29) is 17.4 Å². The van der Waals surface area contributed by atoms with E-state index in [1.54, 1.807) is 0 Å². The fourth-order valence-corrected chi connectivity index (χ4v) is 1.14. The molecule has 0 aliphatic heterocycles. The van der Waals surface area contributed by atoms with Gasteiger partial charge in [-0.3, -0.25) is 4.79 Å². The van der Waals surface area contributed by atoms with Crippen molar-refractivity contribution in [3.63, 3.8) is 0 Å². The zero-order chi connectivity index (χ0) is 10.7. The molecule has 1 aromatic heterocycles. The summed E-state index contributed by atoms with van der Waals surface area (Å²) in [5.74, 6) is 0.547. The molecular formula is C9H14N2O3. The zero-order valence-electron chi connectivity index (χ0n) is 8.77. The van der Waals surface area contributed by atoms with E-state index in [1.807, 2.05) is 13.8 Å². The van der Waals surface area contributed by atoms with Gasteiger partial charge in [0.1, 0.15) is 0 Å². The quantitative estimate of drug-likeness (QED) is 0.722. The molecular weight excluding hydrogens is 184 g/mol. The van der Waals surface area contributed by atoms with Crippen molar-refractivity contribution in [2.45, 2.75) is 19.9 Å². The number of ether oxygens (including phenoxy) is 2. The first-order valence-electron chi connectivity index (χ1n) is 4.31. The van der Waals surface area contributed by atoms with Crippen LogP contribution in [0.15, 0.2) is 11.0 Å². The molecule has 5 heteroatoms. The average molecular weight is 198 g/mol. The SMILES string of the molecule is COc1cnn(C(C)C)c(=O)c1OC. The van der Waals surface area contributed by atoms with Crippen LogP contribution in [0, 0.1) is 0 Å². The van der Waals surface area contributed by atoms with Gasteiger partial charge in [-0.15, -0.1) is 0 Å². The Bertz CT molecular complexity index is 371. The Balaban J connectivity index is 3.35. The molecule has 78 valence electrons. The molecule has 0 bridgehead atoms. The molecule has 0 atom stereocenters. The van der Waals surface area contributed by atoms with E-state index in [4.69, 9.17) is 9.47 Å². The van der Waals surface area contributed by atoms with Crippen LogP contribution in [0.25, 0.3) is 0 Å². The molecule has 14 heavy (non-hydrogen) atoms. The summed E-state index contributed by atoms with van der Waals surface area (Å²) in [4.78, 5) is 11.7. The van der Waals surface area contributed by atoms with Crippen LogP contribution in [-0.4, -0.2) is 24.0 Å². The number of hydrogen-bond acceptors (Lipinski definition) is 4. The van der Waals surface area contributed by atoms with Gasteiger partial charge in [0.25, 0.3) is 0 Å². The highest BCUT2D eigenvalue weighted by atomic mass is 16.5. The van der Waals surface area contributed by atoms with Crippen molar-refractivity contribution in [2.24, 2.45) is 0 Å². The lowest BCUT2D eigenvalue weighted by molar-refractivity contribution is 0.335. The third kappa shape index (κ3) is 1.71. The third-order valence-corrected chi connectivity index (χ3v) is 1.84. The van der Waals surface area contributed by atoms with Gasteiger partial charge in [-0.05, 0) is 13.8 Å². The molecule has 0 radical (unpaired) electrons. The maximum absolute atomic E-state index is 11.7. The van der Waals surface area contributed by atoms with Crippen molar-refractivity contribution in [2.75, 3.05) is 14.2 Å². The monoisotopic (exact) mass is 198 g/mol. The van der Waals surface area contributed by atoms with Crippen molar-refractivity contribution in [1.29, 1.82) is 0 Å². The molecule has 0 amide bonds. The Morgan fingerprint density at radius 3 is 2.43 bits per heavy atom. The van der Waals surface area contributed by atoms with Gasteiger partial charge in [-0.1, -0.05) is 0 Å². The van der Waals surface area contributed by atoms with E-state index >= 15 is 0 Å². The van der Waals surface area contributed by atoms with E-state index in [9.17, 15) is 4.79 Å². The number of rotatable bonds is 3. The lowest BCUT2D eigenvalue weighted by atomic mass is 10.4. The van der Waals surface area contributed by atoms with Gasteiger partial charge < -0.3 is 9.47 Å². The van der Waals surface area contributed by atoms with E-state index in [0.717, 1.165) is 0 Å². The van der Waals surface area contributed by atoms with Crippen LogP contribution in [0.3, 0.4) is 0 Å². The summed E-state index contributed by atoms with van der Waals surface area (Å²) in [6.45, 7) is 3.75. The summed E-state index contributed by atoms with van der Waals surface area (Å²) in [7, 11) is 2.91. The molecule has 0 aliphatic carbocycles. The minimum absolute atomic E-state index is 0.00214. The predicted octanol–water partition coefficient (Wildman–Crippen LogP) is 0.841. The Labute approximate surface area is 82.3 Å². The predicted molar refractivity (Wildman–Crippen MR) is 52.0 cm³/mol. The first kappa shape index (κ1) is 10.6. The van der Waals surface area contributed by atoms with Gasteiger partial charge in [-0.25, -0.2) is 4.68 Å². The van der Waals surface area contributed by atoms with Crippen LogP contribution < -0.4 is 15.0 Å². The lowest BCUT2D eigenvalue weighted by Gasteiger charge is -2.11. The molecule has 0 N–H and O–H groups in total. The van der Waals surface area contributed by atoms with Crippen LogP contribution in [0.4, 0.5) is 0 Å². The van der Waals surface area contributed by atoms with Crippen LogP contribution in [-0.2, 0) is 0 Å². The number of aromatic nitrogens is 2.